The zero-order valence-electron chi connectivity index (χ0n) is 18.1. The first kappa shape index (κ1) is 21.7. The van der Waals surface area contributed by atoms with Crippen LogP contribution in [0.4, 0.5) is 5.82 Å². The summed E-state index contributed by atoms with van der Waals surface area (Å²) in [6.07, 6.45) is 5.00. The second-order valence-electron chi connectivity index (χ2n) is 8.79. The third-order valence-corrected chi connectivity index (χ3v) is 5.51. The smallest absolute Gasteiger partial charge is 0.268 e. The predicted molar refractivity (Wildman–Crippen MR) is 116 cm³/mol. The fraction of sp³-hybridized carbons (Fsp3) is 0.478. The molecule has 1 aliphatic rings. The molecule has 0 aromatic carbocycles. The second-order valence-corrected chi connectivity index (χ2v) is 8.79. The van der Waals surface area contributed by atoms with E-state index in [1.54, 1.807) is 31.3 Å². The molecule has 0 saturated heterocycles. The number of aromatic nitrogens is 2. The third kappa shape index (κ3) is 4.78. The van der Waals surface area contributed by atoms with Crippen LogP contribution in [0.1, 0.15) is 78.6 Å². The van der Waals surface area contributed by atoms with Gasteiger partial charge in [0.15, 0.2) is 5.78 Å². The van der Waals surface area contributed by atoms with E-state index in [0.29, 0.717) is 41.9 Å². The van der Waals surface area contributed by atoms with Crippen molar-refractivity contribution in [1.82, 2.24) is 15.3 Å². The SMILES string of the molecule is CCCCC(NC(=O)c1[nH]c2c(c1C)C(=O)CC(C)(C)C2)C(=O)Nc1ccccn1. The Bertz CT molecular complexity index is 947. The van der Waals surface area contributed by atoms with E-state index < -0.39 is 6.04 Å². The molecule has 3 N–H and O–H groups in total. The lowest BCUT2D eigenvalue weighted by Crippen LogP contribution is -2.44. The normalized spacial score (nSPS) is 15.9. The number of hydrogen-bond donors (Lipinski definition) is 3. The number of unbranched alkanes of at least 4 members (excludes halogenated alkanes) is 1. The van der Waals surface area contributed by atoms with Crippen molar-refractivity contribution in [2.75, 3.05) is 5.32 Å². The van der Waals surface area contributed by atoms with E-state index >= 15 is 0 Å². The summed E-state index contributed by atoms with van der Waals surface area (Å²) in [4.78, 5) is 45.7. The van der Waals surface area contributed by atoms with Gasteiger partial charge in [-0.2, -0.15) is 0 Å². The lowest BCUT2D eigenvalue weighted by Gasteiger charge is -2.28. The maximum Gasteiger partial charge on any atom is 0.268 e. The average molecular weight is 411 g/mol. The van der Waals surface area contributed by atoms with Gasteiger partial charge in [0, 0.05) is 23.9 Å². The van der Waals surface area contributed by atoms with Crippen LogP contribution >= 0.6 is 0 Å². The lowest BCUT2D eigenvalue weighted by atomic mass is 9.75. The highest BCUT2D eigenvalue weighted by Crippen LogP contribution is 2.36. The number of pyridine rings is 1. The van der Waals surface area contributed by atoms with Gasteiger partial charge in [-0.1, -0.05) is 39.7 Å². The van der Waals surface area contributed by atoms with Crippen LogP contribution in [0.3, 0.4) is 0 Å². The Morgan fingerprint density at radius 1 is 1.27 bits per heavy atom. The van der Waals surface area contributed by atoms with Crippen LogP contribution in [0.15, 0.2) is 24.4 Å². The molecule has 2 amide bonds. The molecule has 0 radical (unpaired) electrons. The van der Waals surface area contributed by atoms with Crippen LogP contribution in [-0.2, 0) is 11.2 Å². The summed E-state index contributed by atoms with van der Waals surface area (Å²) in [6.45, 7) is 7.92. The highest BCUT2D eigenvalue weighted by molar-refractivity contribution is 6.06. The highest BCUT2D eigenvalue weighted by atomic mass is 16.2. The van der Waals surface area contributed by atoms with E-state index in [9.17, 15) is 14.4 Å². The van der Waals surface area contributed by atoms with Gasteiger partial charge in [0.05, 0.1) is 0 Å². The van der Waals surface area contributed by atoms with E-state index in [1.165, 1.54) is 0 Å². The number of aromatic amines is 1. The number of H-pyrrole nitrogens is 1. The molecule has 0 bridgehead atoms. The number of carbonyl (C=O) groups is 3. The molecule has 2 aromatic heterocycles. The number of rotatable bonds is 7. The van der Waals surface area contributed by atoms with Gasteiger partial charge in [-0.15, -0.1) is 0 Å². The van der Waals surface area contributed by atoms with Crippen molar-refractivity contribution >= 4 is 23.4 Å². The van der Waals surface area contributed by atoms with Crippen molar-refractivity contribution in [3.8, 4) is 0 Å². The molecule has 1 aliphatic carbocycles. The Balaban J connectivity index is 1.79. The zero-order valence-corrected chi connectivity index (χ0v) is 18.1. The van der Waals surface area contributed by atoms with E-state index in [2.05, 4.69) is 20.6 Å². The molecular weight excluding hydrogens is 380 g/mol. The predicted octanol–water partition coefficient (Wildman–Crippen LogP) is 3.80. The molecular formula is C23H30N4O3. The molecule has 30 heavy (non-hydrogen) atoms. The van der Waals surface area contributed by atoms with Gasteiger partial charge in [0.25, 0.3) is 5.91 Å². The van der Waals surface area contributed by atoms with Crippen LogP contribution < -0.4 is 10.6 Å². The molecule has 0 aliphatic heterocycles. The van der Waals surface area contributed by atoms with Gasteiger partial charge in [-0.05, 0) is 42.9 Å². The van der Waals surface area contributed by atoms with Crippen molar-refractivity contribution < 1.29 is 14.4 Å². The first-order valence-electron chi connectivity index (χ1n) is 10.5. The largest absolute Gasteiger partial charge is 0.354 e. The van der Waals surface area contributed by atoms with Gasteiger partial charge in [0.1, 0.15) is 17.6 Å². The number of amides is 2. The number of carbonyl (C=O) groups excluding carboxylic acids is 3. The molecule has 0 fully saturated rings. The number of Topliss-reactive ketones (excluding diaryl/α,β-unsaturated/α-hetero) is 1. The fourth-order valence-electron chi connectivity index (χ4n) is 4.02. The Morgan fingerprint density at radius 3 is 2.70 bits per heavy atom. The monoisotopic (exact) mass is 410 g/mol. The van der Waals surface area contributed by atoms with Crippen LogP contribution in [0.5, 0.6) is 0 Å². The molecule has 0 saturated carbocycles. The molecule has 7 heteroatoms. The molecule has 160 valence electrons. The second kappa shape index (κ2) is 8.81. The Hall–Kier alpha value is -2.96. The quantitative estimate of drug-likeness (QED) is 0.646. The molecule has 2 aromatic rings. The summed E-state index contributed by atoms with van der Waals surface area (Å²) in [7, 11) is 0. The first-order valence-corrected chi connectivity index (χ1v) is 10.5. The molecule has 2 heterocycles. The topological polar surface area (TPSA) is 104 Å². The third-order valence-electron chi connectivity index (χ3n) is 5.51. The number of nitrogens with zero attached hydrogens (tertiary/aromatic N) is 1. The van der Waals surface area contributed by atoms with Crippen LogP contribution in [0.25, 0.3) is 0 Å². The number of anilines is 1. The van der Waals surface area contributed by atoms with Crippen molar-refractivity contribution in [1.29, 1.82) is 0 Å². The van der Waals surface area contributed by atoms with E-state index in [4.69, 9.17) is 0 Å². The van der Waals surface area contributed by atoms with Gasteiger partial charge < -0.3 is 15.6 Å². The van der Waals surface area contributed by atoms with Crippen molar-refractivity contribution in [3.63, 3.8) is 0 Å². The van der Waals surface area contributed by atoms with Crippen LogP contribution in [0, 0.1) is 12.3 Å². The summed E-state index contributed by atoms with van der Waals surface area (Å²) in [5.41, 5.74) is 2.31. The highest BCUT2D eigenvalue weighted by Gasteiger charge is 2.35. The van der Waals surface area contributed by atoms with Crippen LogP contribution in [0.2, 0.25) is 0 Å². The number of ketones is 1. The fourth-order valence-corrected chi connectivity index (χ4v) is 4.02. The van der Waals surface area contributed by atoms with Crippen molar-refractivity contribution in [2.45, 2.75) is 65.8 Å². The summed E-state index contributed by atoms with van der Waals surface area (Å²) < 4.78 is 0. The van der Waals surface area contributed by atoms with Gasteiger partial charge in [-0.3, -0.25) is 14.4 Å². The maximum atomic E-state index is 13.0. The van der Waals surface area contributed by atoms with Gasteiger partial charge in [-0.25, -0.2) is 4.98 Å². The average Bonchev–Trinajstić information content (AvgIpc) is 3.01. The summed E-state index contributed by atoms with van der Waals surface area (Å²) in [6, 6.07) is 4.57. The Kier molecular flexibility index (Phi) is 6.39. The zero-order chi connectivity index (χ0) is 21.9. The van der Waals surface area contributed by atoms with Gasteiger partial charge >= 0.3 is 0 Å². The number of nitrogens with one attached hydrogen (secondary N) is 3. The number of hydrogen-bond acceptors (Lipinski definition) is 4. The minimum absolute atomic E-state index is 0.0597. The summed E-state index contributed by atoms with van der Waals surface area (Å²) in [5.74, 6) is -0.173. The molecule has 1 atom stereocenters. The molecule has 3 rings (SSSR count). The minimum Gasteiger partial charge on any atom is -0.354 e. The summed E-state index contributed by atoms with van der Waals surface area (Å²) >= 11 is 0. The lowest BCUT2D eigenvalue weighted by molar-refractivity contribution is -0.118. The van der Waals surface area contributed by atoms with Crippen LogP contribution in [-0.4, -0.2) is 33.6 Å². The van der Waals surface area contributed by atoms with Crippen molar-refractivity contribution in [2.24, 2.45) is 5.41 Å². The first-order chi connectivity index (χ1) is 14.2. The van der Waals surface area contributed by atoms with E-state index in [0.717, 1.165) is 18.5 Å². The maximum absolute atomic E-state index is 13.0. The van der Waals surface area contributed by atoms with Crippen molar-refractivity contribution in [3.05, 3.63) is 46.9 Å². The van der Waals surface area contributed by atoms with Gasteiger partial charge in [0.2, 0.25) is 5.91 Å². The molecule has 0 spiro atoms. The summed E-state index contributed by atoms with van der Waals surface area (Å²) in [5, 5.41) is 5.61. The molecule has 7 nitrogen and oxygen atoms in total. The van der Waals surface area contributed by atoms with E-state index in [-0.39, 0.29) is 23.0 Å². The Labute approximate surface area is 177 Å². The standard InChI is InChI=1S/C23H30N4O3/c1-5-6-9-15(21(29)27-18-10-7-8-11-24-18)26-22(30)20-14(2)19-16(25-20)12-23(3,4)13-17(19)28/h7-8,10-11,15,25H,5-6,9,12-13H2,1-4H3,(H,26,30)(H,24,27,29). The Morgan fingerprint density at radius 2 is 2.03 bits per heavy atom. The van der Waals surface area contributed by atoms with E-state index in [1.807, 2.05) is 20.8 Å². The number of fused-ring (bicyclic) bond motifs is 1. The minimum atomic E-state index is -0.689. The molecule has 1 unspecified atom stereocenters.